The second-order valence-electron chi connectivity index (χ2n) is 2.82. The van der Waals surface area contributed by atoms with Crippen LogP contribution in [-0.2, 0) is 4.79 Å². The van der Waals surface area contributed by atoms with Gasteiger partial charge in [0.05, 0.1) is 21.5 Å². The van der Waals surface area contributed by atoms with E-state index in [1.54, 1.807) is 18.2 Å². The number of nitrogens with one attached hydrogen (secondary N) is 1. The quantitative estimate of drug-likeness (QED) is 0.824. The van der Waals surface area contributed by atoms with E-state index in [1.165, 1.54) is 0 Å². The van der Waals surface area contributed by atoms with Crippen LogP contribution in [0.3, 0.4) is 0 Å². The van der Waals surface area contributed by atoms with Crippen LogP contribution in [0, 0.1) is 0 Å². The number of carbonyl (C=O) groups excluding carboxylic acids is 1. The lowest BCUT2D eigenvalue weighted by atomic mass is 10.3. The van der Waals surface area contributed by atoms with Crippen molar-refractivity contribution in [2.75, 3.05) is 5.32 Å². The summed E-state index contributed by atoms with van der Waals surface area (Å²) in [5.74, 6) is -0.277. The molecule has 0 aliphatic rings. The van der Waals surface area contributed by atoms with Gasteiger partial charge in [0, 0.05) is 5.69 Å². The van der Waals surface area contributed by atoms with Gasteiger partial charge in [-0.2, -0.15) is 0 Å². The highest BCUT2D eigenvalue weighted by Gasteiger charge is 2.05. The van der Waals surface area contributed by atoms with Crippen LogP contribution < -0.4 is 11.1 Å². The fraction of sp³-hybridized carbons (Fsp3) is 0.111. The van der Waals surface area contributed by atoms with Gasteiger partial charge in [-0.05, 0) is 18.2 Å². The molecule has 1 amide bonds. The number of rotatable bonds is 3. The highest BCUT2D eigenvalue weighted by molar-refractivity contribution is 7.80. The van der Waals surface area contributed by atoms with Crippen LogP contribution in [-0.4, -0.2) is 10.9 Å². The highest BCUT2D eigenvalue weighted by atomic mass is 35.5. The van der Waals surface area contributed by atoms with E-state index >= 15 is 0 Å². The summed E-state index contributed by atoms with van der Waals surface area (Å²) in [5.41, 5.74) is 5.79. The summed E-state index contributed by atoms with van der Waals surface area (Å²) in [5, 5.41) is 3.41. The maximum absolute atomic E-state index is 11.3. The van der Waals surface area contributed by atoms with E-state index in [4.69, 9.17) is 28.9 Å². The Kier molecular flexibility index (Phi) is 4.32. The van der Waals surface area contributed by atoms with Gasteiger partial charge in [0.25, 0.3) is 0 Å². The zero-order chi connectivity index (χ0) is 11.4. The maximum atomic E-state index is 11.3. The third kappa shape index (κ3) is 4.03. The number of thiocarbonyl (C=S) groups is 1. The number of halogens is 2. The molecule has 1 aromatic rings. The molecule has 0 bridgehead atoms. The number of nitrogens with two attached hydrogens (primary N) is 1. The van der Waals surface area contributed by atoms with E-state index in [0.717, 1.165) is 0 Å². The van der Waals surface area contributed by atoms with E-state index in [-0.39, 0.29) is 17.3 Å². The van der Waals surface area contributed by atoms with Crippen molar-refractivity contribution >= 4 is 52.0 Å². The van der Waals surface area contributed by atoms with E-state index in [1.807, 2.05) is 0 Å². The summed E-state index contributed by atoms with van der Waals surface area (Å²) >= 11 is 16.1. The molecule has 1 aromatic carbocycles. The van der Waals surface area contributed by atoms with Crippen molar-refractivity contribution < 1.29 is 4.79 Å². The van der Waals surface area contributed by atoms with Gasteiger partial charge in [0.2, 0.25) is 5.91 Å². The lowest BCUT2D eigenvalue weighted by Crippen LogP contribution is -2.20. The van der Waals surface area contributed by atoms with Gasteiger partial charge in [-0.3, -0.25) is 4.79 Å². The third-order valence-electron chi connectivity index (χ3n) is 1.54. The summed E-state index contributed by atoms with van der Waals surface area (Å²) < 4.78 is 0. The van der Waals surface area contributed by atoms with E-state index < -0.39 is 0 Å². The van der Waals surface area contributed by atoms with E-state index in [9.17, 15) is 4.79 Å². The lowest BCUT2D eigenvalue weighted by Gasteiger charge is -2.05. The molecule has 0 heterocycles. The van der Waals surface area contributed by atoms with Crippen LogP contribution in [0.1, 0.15) is 6.42 Å². The summed E-state index contributed by atoms with van der Waals surface area (Å²) in [6.45, 7) is 0. The first-order valence-electron chi connectivity index (χ1n) is 4.02. The Labute approximate surface area is 103 Å². The number of hydrogen-bond donors (Lipinski definition) is 2. The van der Waals surface area contributed by atoms with Crippen LogP contribution >= 0.6 is 35.4 Å². The number of amides is 1. The summed E-state index contributed by atoms with van der Waals surface area (Å²) in [6.07, 6.45) is 0.00950. The van der Waals surface area contributed by atoms with Gasteiger partial charge in [-0.15, -0.1) is 0 Å². The molecule has 1 rings (SSSR count). The Morgan fingerprint density at radius 1 is 1.40 bits per heavy atom. The van der Waals surface area contributed by atoms with Gasteiger partial charge in [0.15, 0.2) is 0 Å². The molecule has 0 aliphatic heterocycles. The first-order valence-corrected chi connectivity index (χ1v) is 5.18. The minimum absolute atomic E-state index is 0.00950. The van der Waals surface area contributed by atoms with Crippen molar-refractivity contribution in [2.45, 2.75) is 6.42 Å². The Morgan fingerprint density at radius 2 is 2.07 bits per heavy atom. The molecule has 0 spiro atoms. The average Bonchev–Trinajstić information content (AvgIpc) is 2.10. The smallest absolute Gasteiger partial charge is 0.231 e. The minimum atomic E-state index is -0.277. The van der Waals surface area contributed by atoms with Crippen molar-refractivity contribution in [3.63, 3.8) is 0 Å². The molecule has 0 saturated carbocycles. The molecule has 0 fully saturated rings. The largest absolute Gasteiger partial charge is 0.393 e. The fourth-order valence-electron chi connectivity index (χ4n) is 0.937. The second kappa shape index (κ2) is 5.30. The molecule has 3 nitrogen and oxygen atoms in total. The molecule has 15 heavy (non-hydrogen) atoms. The average molecular weight is 263 g/mol. The Balaban J connectivity index is 2.69. The zero-order valence-corrected chi connectivity index (χ0v) is 9.92. The highest BCUT2D eigenvalue weighted by Crippen LogP contribution is 2.24. The predicted octanol–water partition coefficient (Wildman–Crippen LogP) is 2.61. The number of carbonyl (C=O) groups is 1. The second-order valence-corrected chi connectivity index (χ2v) is 4.16. The summed E-state index contributed by atoms with van der Waals surface area (Å²) in [6, 6.07) is 4.80. The van der Waals surface area contributed by atoms with Crippen molar-refractivity contribution in [1.82, 2.24) is 0 Å². The Morgan fingerprint density at radius 3 is 2.60 bits per heavy atom. The first-order chi connectivity index (χ1) is 6.99. The number of hydrogen-bond acceptors (Lipinski definition) is 2. The lowest BCUT2D eigenvalue weighted by molar-refractivity contribution is -0.115. The predicted molar refractivity (Wildman–Crippen MR) is 66.5 cm³/mol. The summed E-state index contributed by atoms with van der Waals surface area (Å²) in [7, 11) is 0. The molecule has 3 N–H and O–H groups in total. The SMILES string of the molecule is NC(=S)CC(=O)Nc1ccc(Cl)c(Cl)c1. The molecule has 0 radical (unpaired) electrons. The van der Waals surface area contributed by atoms with Gasteiger partial charge >= 0.3 is 0 Å². The normalized spacial score (nSPS) is 9.73. The molecular formula is C9H8Cl2N2OS. The first kappa shape index (κ1) is 12.2. The van der Waals surface area contributed by atoms with E-state index in [0.29, 0.717) is 15.7 Å². The van der Waals surface area contributed by atoms with Crippen molar-refractivity contribution in [1.29, 1.82) is 0 Å². The van der Waals surface area contributed by atoms with Crippen LogP contribution in [0.15, 0.2) is 18.2 Å². The van der Waals surface area contributed by atoms with Gasteiger partial charge in [-0.25, -0.2) is 0 Å². The van der Waals surface area contributed by atoms with Crippen LogP contribution in [0.5, 0.6) is 0 Å². The topological polar surface area (TPSA) is 55.1 Å². The molecule has 0 unspecified atom stereocenters. The maximum Gasteiger partial charge on any atom is 0.231 e. The Bertz CT molecular complexity index is 409. The molecule has 0 aliphatic carbocycles. The summed E-state index contributed by atoms with van der Waals surface area (Å²) in [4.78, 5) is 11.4. The fourth-order valence-corrected chi connectivity index (χ4v) is 1.37. The van der Waals surface area contributed by atoms with Crippen LogP contribution in [0.25, 0.3) is 0 Å². The van der Waals surface area contributed by atoms with Gasteiger partial charge in [0.1, 0.15) is 0 Å². The molecule has 0 saturated heterocycles. The third-order valence-corrected chi connectivity index (χ3v) is 2.42. The van der Waals surface area contributed by atoms with Crippen LogP contribution in [0.2, 0.25) is 10.0 Å². The molecular weight excluding hydrogens is 255 g/mol. The molecule has 80 valence electrons. The molecule has 6 heteroatoms. The number of benzene rings is 1. The van der Waals surface area contributed by atoms with Crippen LogP contribution in [0.4, 0.5) is 5.69 Å². The van der Waals surface area contributed by atoms with Gasteiger partial charge in [-0.1, -0.05) is 35.4 Å². The molecule has 0 atom stereocenters. The standard InChI is InChI=1S/C9H8Cl2N2OS/c10-6-2-1-5(3-7(6)11)13-9(14)4-8(12)15/h1-3H,4H2,(H2,12,15)(H,13,14). The van der Waals surface area contributed by atoms with Crippen molar-refractivity contribution in [3.05, 3.63) is 28.2 Å². The number of anilines is 1. The van der Waals surface area contributed by atoms with E-state index in [2.05, 4.69) is 17.5 Å². The van der Waals surface area contributed by atoms with Crippen molar-refractivity contribution in [3.8, 4) is 0 Å². The minimum Gasteiger partial charge on any atom is -0.393 e. The van der Waals surface area contributed by atoms with Gasteiger partial charge < -0.3 is 11.1 Å². The molecule has 0 aromatic heterocycles. The monoisotopic (exact) mass is 262 g/mol. The zero-order valence-electron chi connectivity index (χ0n) is 7.59. The van der Waals surface area contributed by atoms with Crippen molar-refractivity contribution in [2.24, 2.45) is 5.73 Å². The Hall–Kier alpha value is -0.840.